The molecule has 1 rings (SSSR count). The van der Waals surface area contributed by atoms with Gasteiger partial charge >= 0.3 is 11.8 Å². The van der Waals surface area contributed by atoms with Crippen LogP contribution in [0.4, 0.5) is 15.0 Å². The van der Waals surface area contributed by atoms with Gasteiger partial charge in [0.25, 0.3) is 0 Å². The SMILES string of the molecule is C[N+](C)(C)CCOC(=O)Nc1[nH]c(=O)ncc1F. The molecule has 0 aliphatic rings. The van der Waals surface area contributed by atoms with Crippen molar-refractivity contribution in [2.75, 3.05) is 39.6 Å². The second-order valence-electron chi connectivity index (χ2n) is 4.69. The molecule has 0 radical (unpaired) electrons. The van der Waals surface area contributed by atoms with Crippen LogP contribution in [0.3, 0.4) is 0 Å². The van der Waals surface area contributed by atoms with Crippen LogP contribution in [0.2, 0.25) is 0 Å². The Morgan fingerprint density at radius 1 is 1.56 bits per heavy atom. The molecule has 0 atom stereocenters. The van der Waals surface area contributed by atoms with Crippen molar-refractivity contribution in [3.63, 3.8) is 0 Å². The number of nitrogens with one attached hydrogen (secondary N) is 2. The van der Waals surface area contributed by atoms with Crippen LogP contribution in [0.5, 0.6) is 0 Å². The number of carbonyl (C=O) groups is 1. The number of hydrogen-bond acceptors (Lipinski definition) is 4. The van der Waals surface area contributed by atoms with E-state index < -0.39 is 17.6 Å². The third kappa shape index (κ3) is 4.91. The predicted octanol–water partition coefficient (Wildman–Crippen LogP) is 0.164. The molecule has 0 saturated carbocycles. The van der Waals surface area contributed by atoms with Gasteiger partial charge in [-0.3, -0.25) is 10.3 Å². The largest absolute Gasteiger partial charge is 0.443 e. The summed E-state index contributed by atoms with van der Waals surface area (Å²) in [7, 11) is 5.84. The Morgan fingerprint density at radius 3 is 2.83 bits per heavy atom. The van der Waals surface area contributed by atoms with E-state index in [1.54, 1.807) is 0 Å². The number of likely N-dealkylation sites (N-methyl/N-ethyl adjacent to an activating group) is 1. The van der Waals surface area contributed by atoms with Gasteiger partial charge in [-0.15, -0.1) is 0 Å². The maximum absolute atomic E-state index is 13.1. The molecule has 100 valence electrons. The van der Waals surface area contributed by atoms with Gasteiger partial charge in [0.2, 0.25) is 0 Å². The van der Waals surface area contributed by atoms with Gasteiger partial charge in [-0.2, -0.15) is 4.98 Å². The van der Waals surface area contributed by atoms with Gasteiger partial charge in [-0.05, 0) is 0 Å². The zero-order valence-electron chi connectivity index (χ0n) is 10.5. The normalized spacial score (nSPS) is 11.1. The van der Waals surface area contributed by atoms with Gasteiger partial charge in [-0.25, -0.2) is 14.0 Å². The Labute approximate surface area is 103 Å². The Balaban J connectivity index is 2.50. The van der Waals surface area contributed by atoms with Crippen molar-refractivity contribution in [1.29, 1.82) is 0 Å². The van der Waals surface area contributed by atoms with Crippen molar-refractivity contribution in [3.8, 4) is 0 Å². The summed E-state index contributed by atoms with van der Waals surface area (Å²) < 4.78 is 18.6. The molecule has 0 unspecified atom stereocenters. The molecule has 18 heavy (non-hydrogen) atoms. The van der Waals surface area contributed by atoms with Gasteiger partial charge < -0.3 is 9.22 Å². The Bertz CT molecular complexity index is 481. The van der Waals surface area contributed by atoms with Gasteiger partial charge in [0.1, 0.15) is 13.2 Å². The first-order chi connectivity index (χ1) is 8.28. The van der Waals surface area contributed by atoms with E-state index in [0.717, 1.165) is 6.20 Å². The fourth-order valence-corrected chi connectivity index (χ4v) is 1.02. The van der Waals surface area contributed by atoms with Crippen LogP contribution in [0, 0.1) is 5.82 Å². The molecule has 1 aromatic rings. The summed E-state index contributed by atoms with van der Waals surface area (Å²) >= 11 is 0. The van der Waals surface area contributed by atoms with Crippen LogP contribution < -0.4 is 11.0 Å². The lowest BCUT2D eigenvalue weighted by molar-refractivity contribution is -0.870. The zero-order chi connectivity index (χ0) is 13.8. The molecule has 0 aliphatic carbocycles. The minimum atomic E-state index is -0.835. The summed E-state index contributed by atoms with van der Waals surface area (Å²) in [6.45, 7) is 0.801. The predicted molar refractivity (Wildman–Crippen MR) is 62.7 cm³/mol. The summed E-state index contributed by atoms with van der Waals surface area (Å²) in [5.41, 5.74) is -0.752. The minimum Gasteiger partial charge on any atom is -0.443 e. The van der Waals surface area contributed by atoms with Crippen molar-refractivity contribution < 1.29 is 18.4 Å². The monoisotopic (exact) mass is 259 g/mol. The highest BCUT2D eigenvalue weighted by Crippen LogP contribution is 2.05. The third-order valence-corrected chi connectivity index (χ3v) is 1.99. The number of quaternary nitrogens is 1. The molecule has 1 heterocycles. The quantitative estimate of drug-likeness (QED) is 0.755. The molecule has 0 bridgehead atoms. The highest BCUT2D eigenvalue weighted by Gasteiger charge is 2.12. The smallest absolute Gasteiger partial charge is 0.413 e. The molecule has 8 heteroatoms. The number of H-pyrrole nitrogens is 1. The average molecular weight is 259 g/mol. The fourth-order valence-electron chi connectivity index (χ4n) is 1.02. The number of hydrogen-bond donors (Lipinski definition) is 2. The van der Waals surface area contributed by atoms with Crippen molar-refractivity contribution in [3.05, 3.63) is 22.5 Å². The Hall–Kier alpha value is -1.96. The number of anilines is 1. The number of halogens is 1. The van der Waals surface area contributed by atoms with Crippen molar-refractivity contribution in [1.82, 2.24) is 9.97 Å². The molecule has 7 nitrogen and oxygen atoms in total. The topological polar surface area (TPSA) is 84.1 Å². The van der Waals surface area contributed by atoms with E-state index in [1.165, 1.54) is 0 Å². The van der Waals surface area contributed by atoms with E-state index in [0.29, 0.717) is 11.0 Å². The summed E-state index contributed by atoms with van der Waals surface area (Å²) in [6, 6.07) is 0. The maximum atomic E-state index is 13.1. The number of rotatable bonds is 4. The highest BCUT2D eigenvalue weighted by molar-refractivity contribution is 5.83. The van der Waals surface area contributed by atoms with Crippen LogP contribution in [0.15, 0.2) is 11.0 Å². The molecule has 0 aromatic carbocycles. The first-order valence-corrected chi connectivity index (χ1v) is 5.27. The summed E-state index contributed by atoms with van der Waals surface area (Å²) in [5.74, 6) is -1.19. The summed E-state index contributed by atoms with van der Waals surface area (Å²) in [5, 5.41) is 2.10. The van der Waals surface area contributed by atoms with Gasteiger partial charge in [0.05, 0.1) is 27.3 Å². The second kappa shape index (κ2) is 5.58. The van der Waals surface area contributed by atoms with Crippen molar-refractivity contribution in [2.45, 2.75) is 0 Å². The van der Waals surface area contributed by atoms with Crippen LogP contribution in [-0.4, -0.2) is 54.8 Å². The first-order valence-electron chi connectivity index (χ1n) is 5.27. The zero-order valence-corrected chi connectivity index (χ0v) is 10.5. The lowest BCUT2D eigenvalue weighted by atomic mass is 10.5. The van der Waals surface area contributed by atoms with E-state index in [2.05, 4.69) is 15.3 Å². The number of ether oxygens (including phenoxy) is 1. The van der Waals surface area contributed by atoms with Gasteiger partial charge in [-0.1, -0.05) is 0 Å². The lowest BCUT2D eigenvalue weighted by Crippen LogP contribution is -2.38. The van der Waals surface area contributed by atoms with Crippen LogP contribution in [-0.2, 0) is 4.74 Å². The van der Waals surface area contributed by atoms with E-state index in [1.807, 2.05) is 21.1 Å². The highest BCUT2D eigenvalue weighted by atomic mass is 19.1. The number of carbonyl (C=O) groups excluding carboxylic acids is 1. The molecule has 0 fully saturated rings. The molecule has 0 saturated heterocycles. The molecular formula is C10H16FN4O3+. The van der Waals surface area contributed by atoms with E-state index in [9.17, 15) is 14.0 Å². The number of aromatic amines is 1. The van der Waals surface area contributed by atoms with Gasteiger partial charge in [0.15, 0.2) is 11.6 Å². The fraction of sp³-hybridized carbons (Fsp3) is 0.500. The molecule has 2 N–H and O–H groups in total. The van der Waals surface area contributed by atoms with Crippen molar-refractivity contribution >= 4 is 11.9 Å². The molecular weight excluding hydrogens is 243 g/mol. The van der Waals surface area contributed by atoms with E-state index in [-0.39, 0.29) is 12.4 Å². The number of amides is 1. The first kappa shape index (κ1) is 14.1. The van der Waals surface area contributed by atoms with Crippen LogP contribution in [0.1, 0.15) is 0 Å². The molecule has 1 aromatic heterocycles. The maximum Gasteiger partial charge on any atom is 0.413 e. The van der Waals surface area contributed by atoms with E-state index in [4.69, 9.17) is 4.74 Å². The number of aromatic nitrogens is 2. The second-order valence-corrected chi connectivity index (χ2v) is 4.69. The summed E-state index contributed by atoms with van der Waals surface area (Å²) in [6.07, 6.45) is -0.107. The minimum absolute atomic E-state index is 0.187. The standard InChI is InChI=1S/C10H15FN4O3/c1-15(2,3)4-5-18-10(17)14-8-7(11)6-12-9(16)13-8/h6H,4-5H2,1-3H3,(H-,12,13,14,16,17)/p+1. The molecule has 0 aliphatic heterocycles. The van der Waals surface area contributed by atoms with Crippen LogP contribution >= 0.6 is 0 Å². The van der Waals surface area contributed by atoms with E-state index >= 15 is 0 Å². The molecule has 1 amide bonds. The molecule has 0 spiro atoms. The Morgan fingerprint density at radius 2 is 2.22 bits per heavy atom. The Kier molecular flexibility index (Phi) is 4.38. The third-order valence-electron chi connectivity index (χ3n) is 1.99. The number of nitrogens with zero attached hydrogens (tertiary/aromatic N) is 2. The lowest BCUT2D eigenvalue weighted by Gasteiger charge is -2.23. The van der Waals surface area contributed by atoms with Gasteiger partial charge in [0, 0.05) is 0 Å². The summed E-state index contributed by atoms with van der Waals surface area (Å²) in [4.78, 5) is 27.4. The average Bonchev–Trinajstić information content (AvgIpc) is 2.21. The van der Waals surface area contributed by atoms with Crippen LogP contribution in [0.25, 0.3) is 0 Å². The van der Waals surface area contributed by atoms with Crippen molar-refractivity contribution in [2.24, 2.45) is 0 Å².